The van der Waals surface area contributed by atoms with E-state index in [4.69, 9.17) is 18.9 Å². The molecule has 0 aromatic rings. The van der Waals surface area contributed by atoms with Crippen molar-refractivity contribution in [3.63, 3.8) is 0 Å². The maximum Gasteiger partial charge on any atom is 0.306 e. The highest BCUT2D eigenvalue weighted by molar-refractivity contribution is 5.70. The molecule has 0 heterocycles. The molecule has 2 unspecified atom stereocenters. The molecule has 0 aliphatic heterocycles. The van der Waals surface area contributed by atoms with Crippen LogP contribution in [-0.2, 0) is 33.3 Å². The van der Waals surface area contributed by atoms with Crippen LogP contribution in [0.2, 0.25) is 0 Å². The summed E-state index contributed by atoms with van der Waals surface area (Å²) >= 11 is 0. The fourth-order valence-electron chi connectivity index (χ4n) is 7.19. The van der Waals surface area contributed by atoms with Crippen LogP contribution in [0, 0.1) is 0 Å². The van der Waals surface area contributed by atoms with E-state index in [0.717, 1.165) is 109 Å². The van der Waals surface area contributed by atoms with Gasteiger partial charge in [0.05, 0.1) is 40.3 Å². The highest BCUT2D eigenvalue weighted by atomic mass is 16.7. The number of hydrogen-bond acceptors (Lipinski definition) is 8. The van der Waals surface area contributed by atoms with Crippen molar-refractivity contribution >= 4 is 17.9 Å². The number of quaternary nitrogens is 1. The number of carbonyl (C=O) groups is 3. The van der Waals surface area contributed by atoms with Crippen LogP contribution in [0.1, 0.15) is 206 Å². The summed E-state index contributed by atoms with van der Waals surface area (Å²) in [5.74, 6) is -2.34. The van der Waals surface area contributed by atoms with Crippen molar-refractivity contribution < 1.29 is 42.9 Å². The Morgan fingerprint density at radius 2 is 0.803 bits per heavy atom. The SMILES string of the molecule is CC/C=C\C/C=C\C/C=C\C/C=C\C/C=C\C/C=C\CCCCCCC(=O)OC(COC(=O)CCCCCCCCCC/C=C\C/C=C\C/C=C\CCCCCCC)COC(OCC[N+](C)(C)C)C(=O)[O-]. The van der Waals surface area contributed by atoms with E-state index in [1.54, 1.807) is 0 Å². The number of likely N-dealkylation sites (N-methyl/N-ethyl adjacent to an activating group) is 1. The molecule has 9 heteroatoms. The van der Waals surface area contributed by atoms with Crippen molar-refractivity contribution in [2.45, 2.75) is 219 Å². The van der Waals surface area contributed by atoms with Crippen molar-refractivity contribution in [1.82, 2.24) is 0 Å². The van der Waals surface area contributed by atoms with Gasteiger partial charge in [0.1, 0.15) is 13.2 Å². The first kappa shape index (κ1) is 67.0. The van der Waals surface area contributed by atoms with Crippen molar-refractivity contribution in [3.8, 4) is 0 Å². The first-order chi connectivity index (χ1) is 34.6. The van der Waals surface area contributed by atoms with Crippen LogP contribution in [0.25, 0.3) is 0 Å². The van der Waals surface area contributed by atoms with Crippen molar-refractivity contribution in [2.24, 2.45) is 0 Å². The third-order valence-electron chi connectivity index (χ3n) is 11.5. The number of carboxylic acid groups (broad SMARTS) is 1. The molecule has 0 saturated heterocycles. The topological polar surface area (TPSA) is 111 Å². The molecule has 0 aromatic carbocycles. The van der Waals surface area contributed by atoms with Gasteiger partial charge in [0.2, 0.25) is 0 Å². The zero-order valence-electron chi connectivity index (χ0n) is 45.8. The Labute approximate surface area is 434 Å². The minimum atomic E-state index is -1.64. The minimum absolute atomic E-state index is 0.134. The Balaban J connectivity index is 4.39. The van der Waals surface area contributed by atoms with E-state index in [1.807, 2.05) is 21.1 Å². The summed E-state index contributed by atoms with van der Waals surface area (Å²) in [6.07, 6.45) is 68.4. The van der Waals surface area contributed by atoms with Gasteiger partial charge in [0.25, 0.3) is 0 Å². The van der Waals surface area contributed by atoms with Crippen LogP contribution >= 0.6 is 0 Å². The highest BCUT2D eigenvalue weighted by Gasteiger charge is 2.22. The van der Waals surface area contributed by atoms with Gasteiger partial charge in [-0.3, -0.25) is 9.59 Å². The molecule has 404 valence electrons. The van der Waals surface area contributed by atoms with Crippen LogP contribution in [0.4, 0.5) is 0 Å². The van der Waals surface area contributed by atoms with Crippen LogP contribution < -0.4 is 5.11 Å². The number of aliphatic carboxylic acids is 1. The maximum atomic E-state index is 12.8. The molecule has 0 spiro atoms. The molecule has 0 bridgehead atoms. The molecule has 2 atom stereocenters. The van der Waals surface area contributed by atoms with E-state index < -0.39 is 24.3 Å². The average Bonchev–Trinajstić information content (AvgIpc) is 3.34. The molecule has 0 rings (SSSR count). The standard InChI is InChI=1S/C62H103NO8/c1-6-8-10-12-14-16-18-20-22-24-26-28-30-32-34-36-38-40-42-44-46-48-50-52-59(64)69-56-58(57-70-62(61(66)67)68-55-54-63(3,4)5)71-60(65)53-51-49-47-45-43-41-39-37-35-33-31-29-27-25-23-21-19-17-15-13-11-9-7-2/h9,11,15,17-18,20-21,23-24,26-27,29-30,32-33,35,39,41,58,62H,6-8,10,12-14,16,19,22,25,28,31,34,36-38,40,42-57H2,1-5H3/b11-9-,17-15-,20-18-,23-21-,26-24-,29-27-,32-30-,35-33-,41-39-. The number of unbranched alkanes of at least 4 members (excludes halogenated alkanes) is 17. The first-order valence-electron chi connectivity index (χ1n) is 28.0. The van der Waals surface area contributed by atoms with E-state index in [1.165, 1.54) is 64.2 Å². The van der Waals surface area contributed by atoms with Gasteiger partial charge >= 0.3 is 11.9 Å². The van der Waals surface area contributed by atoms with Crippen LogP contribution in [0.15, 0.2) is 109 Å². The Hall–Kier alpha value is -4.05. The molecule has 0 N–H and O–H groups in total. The normalized spacial score (nSPS) is 13.6. The van der Waals surface area contributed by atoms with Crippen LogP contribution in [0.5, 0.6) is 0 Å². The number of carbonyl (C=O) groups excluding carboxylic acids is 3. The van der Waals surface area contributed by atoms with E-state index in [9.17, 15) is 19.5 Å². The van der Waals surface area contributed by atoms with Gasteiger partial charge < -0.3 is 33.3 Å². The molecule has 0 aliphatic rings. The first-order valence-corrected chi connectivity index (χ1v) is 28.0. The molecule has 0 radical (unpaired) electrons. The van der Waals surface area contributed by atoms with Gasteiger partial charge in [-0.2, -0.15) is 0 Å². The summed E-state index contributed by atoms with van der Waals surface area (Å²) < 4.78 is 22.6. The van der Waals surface area contributed by atoms with Crippen LogP contribution in [0.3, 0.4) is 0 Å². The molecule has 0 saturated carbocycles. The monoisotopic (exact) mass is 990 g/mol. The van der Waals surface area contributed by atoms with Gasteiger partial charge in [-0.1, -0.05) is 200 Å². The quantitative estimate of drug-likeness (QED) is 0.0195. The summed E-state index contributed by atoms with van der Waals surface area (Å²) in [4.78, 5) is 37.3. The second-order valence-electron chi connectivity index (χ2n) is 19.5. The summed E-state index contributed by atoms with van der Waals surface area (Å²) in [5.41, 5.74) is 0. The summed E-state index contributed by atoms with van der Waals surface area (Å²) in [6, 6.07) is 0. The number of carboxylic acids is 1. The largest absolute Gasteiger partial charge is 0.545 e. The predicted molar refractivity (Wildman–Crippen MR) is 297 cm³/mol. The number of nitrogens with zero attached hydrogens (tertiary/aromatic N) is 1. The summed E-state index contributed by atoms with van der Waals surface area (Å²) in [6.45, 7) is 4.57. The number of ether oxygens (including phenoxy) is 4. The molecule has 0 aromatic heterocycles. The fraction of sp³-hybridized carbons (Fsp3) is 0.661. The lowest BCUT2D eigenvalue weighted by atomic mass is 10.1. The van der Waals surface area contributed by atoms with Gasteiger partial charge in [0.15, 0.2) is 12.4 Å². The highest BCUT2D eigenvalue weighted by Crippen LogP contribution is 2.13. The molecule has 9 nitrogen and oxygen atoms in total. The Morgan fingerprint density at radius 3 is 1.20 bits per heavy atom. The molecular weight excluding hydrogens is 887 g/mol. The number of allylic oxidation sites excluding steroid dienone is 18. The Bertz CT molecular complexity index is 1530. The third-order valence-corrected chi connectivity index (χ3v) is 11.5. The molecule has 0 fully saturated rings. The second-order valence-corrected chi connectivity index (χ2v) is 19.5. The number of rotatable bonds is 50. The van der Waals surface area contributed by atoms with E-state index in [-0.39, 0.29) is 38.6 Å². The van der Waals surface area contributed by atoms with Crippen molar-refractivity contribution in [3.05, 3.63) is 109 Å². The van der Waals surface area contributed by atoms with Gasteiger partial charge in [-0.05, 0) is 103 Å². The van der Waals surface area contributed by atoms with Gasteiger partial charge in [-0.25, -0.2) is 0 Å². The lowest BCUT2D eigenvalue weighted by Crippen LogP contribution is -2.44. The summed E-state index contributed by atoms with van der Waals surface area (Å²) in [5, 5.41) is 11.8. The van der Waals surface area contributed by atoms with Crippen molar-refractivity contribution in [1.29, 1.82) is 0 Å². The van der Waals surface area contributed by atoms with Gasteiger partial charge in [-0.15, -0.1) is 0 Å². The maximum absolute atomic E-state index is 12.8. The predicted octanol–water partition coefficient (Wildman–Crippen LogP) is 15.0. The minimum Gasteiger partial charge on any atom is -0.545 e. The van der Waals surface area contributed by atoms with E-state index in [2.05, 4.69) is 123 Å². The lowest BCUT2D eigenvalue weighted by molar-refractivity contribution is -0.870. The summed E-state index contributed by atoms with van der Waals surface area (Å²) in [7, 11) is 5.90. The van der Waals surface area contributed by atoms with E-state index in [0.29, 0.717) is 17.4 Å². The Kier molecular flexibility index (Phi) is 49.3. The fourth-order valence-corrected chi connectivity index (χ4v) is 7.19. The number of hydrogen-bond donors (Lipinski definition) is 0. The molecule has 0 aliphatic carbocycles. The number of esters is 2. The third kappa shape index (κ3) is 53.6. The molecular formula is C62H103NO8. The van der Waals surface area contributed by atoms with E-state index >= 15 is 0 Å². The zero-order valence-corrected chi connectivity index (χ0v) is 45.8. The smallest absolute Gasteiger partial charge is 0.306 e. The Morgan fingerprint density at radius 1 is 0.437 bits per heavy atom. The second kappa shape index (κ2) is 52.3. The van der Waals surface area contributed by atoms with Crippen molar-refractivity contribution in [2.75, 3.05) is 47.5 Å². The van der Waals surface area contributed by atoms with Crippen LogP contribution in [-0.4, -0.2) is 82.3 Å². The lowest BCUT2D eigenvalue weighted by Gasteiger charge is -2.26. The average molecular weight is 991 g/mol. The zero-order chi connectivity index (χ0) is 52.0. The molecule has 71 heavy (non-hydrogen) atoms. The molecule has 0 amide bonds. The van der Waals surface area contributed by atoms with Gasteiger partial charge in [0, 0.05) is 12.8 Å².